The first-order valence-corrected chi connectivity index (χ1v) is 7.93. The fourth-order valence-corrected chi connectivity index (χ4v) is 3.16. The lowest BCUT2D eigenvalue weighted by molar-refractivity contribution is 0.174. The zero-order valence-corrected chi connectivity index (χ0v) is 13.5. The van der Waals surface area contributed by atoms with Gasteiger partial charge in [-0.1, -0.05) is 17.7 Å². The summed E-state index contributed by atoms with van der Waals surface area (Å²) in [6.45, 7) is 1.22. The van der Waals surface area contributed by atoms with E-state index in [1.807, 2.05) is 30.3 Å². The van der Waals surface area contributed by atoms with E-state index in [4.69, 9.17) is 21.1 Å². The number of fused-ring (bicyclic) bond motifs is 1. The smallest absolute Gasteiger partial charge is 0.317 e. The molecule has 2 heterocycles. The Hall–Kier alpha value is -1.92. The topological polar surface area (TPSA) is 50.8 Å². The monoisotopic (exact) mass is 338 g/mol. The molecular formula is C15H15ClN2O3S. The summed E-state index contributed by atoms with van der Waals surface area (Å²) in [5, 5.41) is 2.87. The Balaban J connectivity index is 1.54. The number of carbonyl (C=O) groups is 1. The number of halogens is 1. The quantitative estimate of drug-likeness (QED) is 0.928. The zero-order valence-electron chi connectivity index (χ0n) is 12.0. The minimum absolute atomic E-state index is 0.137. The number of benzene rings is 1. The van der Waals surface area contributed by atoms with E-state index in [1.54, 1.807) is 11.9 Å². The Bertz CT molecular complexity index is 689. The van der Waals surface area contributed by atoms with E-state index in [-0.39, 0.29) is 12.8 Å². The number of carbonyl (C=O) groups excluding carboxylic acids is 1. The summed E-state index contributed by atoms with van der Waals surface area (Å²) in [5.74, 6) is 1.46. The van der Waals surface area contributed by atoms with Gasteiger partial charge in [0, 0.05) is 18.5 Å². The van der Waals surface area contributed by atoms with Crippen LogP contribution in [0, 0.1) is 0 Å². The van der Waals surface area contributed by atoms with Gasteiger partial charge in [-0.05, 0) is 29.8 Å². The highest BCUT2D eigenvalue weighted by atomic mass is 35.5. The molecule has 22 heavy (non-hydrogen) atoms. The van der Waals surface area contributed by atoms with Crippen molar-refractivity contribution in [1.82, 2.24) is 10.2 Å². The van der Waals surface area contributed by atoms with E-state index in [2.05, 4.69) is 5.32 Å². The number of nitrogens with one attached hydrogen (secondary N) is 1. The fourth-order valence-electron chi connectivity index (χ4n) is 2.13. The van der Waals surface area contributed by atoms with Gasteiger partial charge in [-0.25, -0.2) is 4.79 Å². The van der Waals surface area contributed by atoms with Crippen LogP contribution >= 0.6 is 22.9 Å². The molecule has 1 N–H and O–H groups in total. The number of urea groups is 1. The Morgan fingerprint density at radius 1 is 1.32 bits per heavy atom. The van der Waals surface area contributed by atoms with Crippen molar-refractivity contribution >= 4 is 29.0 Å². The standard InChI is InChI=1S/C15H15ClN2O3S/c1-18(15(19)17-7-11-3-5-14(16)22-11)8-10-2-4-12-13(6-10)21-9-20-12/h2-6H,7-9H2,1H3,(H,17,19). The lowest BCUT2D eigenvalue weighted by Crippen LogP contribution is -2.36. The molecule has 0 unspecified atom stereocenters. The zero-order chi connectivity index (χ0) is 15.5. The Kier molecular flexibility index (Phi) is 4.40. The van der Waals surface area contributed by atoms with Gasteiger partial charge in [0.25, 0.3) is 0 Å². The number of nitrogens with zero attached hydrogens (tertiary/aromatic N) is 1. The number of ether oxygens (including phenoxy) is 2. The molecule has 3 rings (SSSR count). The summed E-state index contributed by atoms with van der Waals surface area (Å²) in [6, 6.07) is 9.27. The Morgan fingerprint density at radius 2 is 2.14 bits per heavy atom. The second-order valence-electron chi connectivity index (χ2n) is 4.91. The van der Waals surface area contributed by atoms with Crippen LogP contribution in [0.25, 0.3) is 0 Å². The summed E-state index contributed by atoms with van der Waals surface area (Å²) in [5.41, 5.74) is 0.987. The minimum atomic E-state index is -0.137. The third-order valence-electron chi connectivity index (χ3n) is 3.25. The van der Waals surface area contributed by atoms with Crippen molar-refractivity contribution in [1.29, 1.82) is 0 Å². The van der Waals surface area contributed by atoms with Crippen molar-refractivity contribution in [3.63, 3.8) is 0 Å². The maximum absolute atomic E-state index is 12.1. The van der Waals surface area contributed by atoms with Gasteiger partial charge in [0.2, 0.25) is 6.79 Å². The van der Waals surface area contributed by atoms with Gasteiger partial charge in [-0.15, -0.1) is 11.3 Å². The first-order chi connectivity index (χ1) is 10.6. The summed E-state index contributed by atoms with van der Waals surface area (Å²) in [7, 11) is 1.75. The molecule has 5 nitrogen and oxygen atoms in total. The first kappa shape index (κ1) is 15.0. The molecule has 0 bridgehead atoms. The van der Waals surface area contributed by atoms with Crippen molar-refractivity contribution in [3.8, 4) is 11.5 Å². The minimum Gasteiger partial charge on any atom is -0.454 e. The number of amides is 2. The summed E-state index contributed by atoms with van der Waals surface area (Å²) in [6.07, 6.45) is 0. The van der Waals surface area contributed by atoms with Crippen molar-refractivity contribution in [2.24, 2.45) is 0 Å². The van der Waals surface area contributed by atoms with Crippen LogP contribution in [-0.4, -0.2) is 24.8 Å². The number of rotatable bonds is 4. The Morgan fingerprint density at radius 3 is 2.91 bits per heavy atom. The largest absolute Gasteiger partial charge is 0.454 e. The fraction of sp³-hybridized carbons (Fsp3) is 0.267. The van der Waals surface area contributed by atoms with Gasteiger partial charge in [-0.2, -0.15) is 0 Å². The van der Waals surface area contributed by atoms with Crippen LogP contribution in [0.4, 0.5) is 4.79 Å². The average molecular weight is 339 g/mol. The van der Waals surface area contributed by atoms with E-state index >= 15 is 0 Å². The molecule has 1 aliphatic heterocycles. The molecule has 0 saturated heterocycles. The van der Waals surface area contributed by atoms with E-state index in [0.29, 0.717) is 13.1 Å². The average Bonchev–Trinajstić information content (AvgIpc) is 3.12. The van der Waals surface area contributed by atoms with E-state index in [1.165, 1.54) is 11.3 Å². The van der Waals surface area contributed by atoms with Crippen LogP contribution in [0.15, 0.2) is 30.3 Å². The maximum atomic E-state index is 12.1. The van der Waals surface area contributed by atoms with E-state index in [0.717, 1.165) is 26.3 Å². The van der Waals surface area contributed by atoms with Crippen LogP contribution in [0.2, 0.25) is 4.34 Å². The Labute approximate surface area is 137 Å². The molecule has 0 spiro atoms. The molecule has 1 aliphatic rings. The van der Waals surface area contributed by atoms with Crippen LogP contribution in [0.5, 0.6) is 11.5 Å². The normalized spacial score (nSPS) is 12.3. The summed E-state index contributed by atoms with van der Waals surface area (Å²) < 4.78 is 11.3. The van der Waals surface area contributed by atoms with Gasteiger partial charge in [0.05, 0.1) is 10.9 Å². The van der Waals surface area contributed by atoms with Gasteiger partial charge in [-0.3, -0.25) is 0 Å². The van der Waals surface area contributed by atoms with E-state index < -0.39 is 0 Å². The van der Waals surface area contributed by atoms with Crippen molar-refractivity contribution in [2.45, 2.75) is 13.1 Å². The molecule has 2 aromatic rings. The molecule has 116 valence electrons. The molecular weight excluding hydrogens is 324 g/mol. The predicted octanol–water partition coefficient (Wildman–Crippen LogP) is 3.47. The number of thiophene rings is 1. The predicted molar refractivity (Wildman–Crippen MR) is 85.6 cm³/mol. The van der Waals surface area contributed by atoms with Gasteiger partial charge >= 0.3 is 6.03 Å². The maximum Gasteiger partial charge on any atom is 0.317 e. The SMILES string of the molecule is CN(Cc1ccc2c(c1)OCO2)C(=O)NCc1ccc(Cl)s1. The number of hydrogen-bond donors (Lipinski definition) is 1. The van der Waals surface area contributed by atoms with Crippen molar-refractivity contribution in [3.05, 3.63) is 45.1 Å². The molecule has 0 radical (unpaired) electrons. The van der Waals surface area contributed by atoms with Crippen LogP contribution in [-0.2, 0) is 13.1 Å². The number of hydrogen-bond acceptors (Lipinski definition) is 4. The molecule has 0 aliphatic carbocycles. The molecule has 0 saturated carbocycles. The highest BCUT2D eigenvalue weighted by molar-refractivity contribution is 7.16. The molecule has 2 amide bonds. The highest BCUT2D eigenvalue weighted by Gasteiger charge is 2.15. The summed E-state index contributed by atoms with van der Waals surface area (Å²) >= 11 is 7.33. The highest BCUT2D eigenvalue weighted by Crippen LogP contribution is 2.32. The molecule has 0 atom stereocenters. The third kappa shape index (κ3) is 3.45. The second-order valence-corrected chi connectivity index (χ2v) is 6.71. The molecule has 1 aromatic heterocycles. The summed E-state index contributed by atoms with van der Waals surface area (Å²) in [4.78, 5) is 14.7. The molecule has 0 fully saturated rings. The van der Waals surface area contributed by atoms with Crippen molar-refractivity contribution in [2.75, 3.05) is 13.8 Å². The molecule has 7 heteroatoms. The van der Waals surface area contributed by atoms with Crippen LogP contribution < -0.4 is 14.8 Å². The van der Waals surface area contributed by atoms with Gasteiger partial charge in [0.1, 0.15) is 0 Å². The van der Waals surface area contributed by atoms with Crippen LogP contribution in [0.1, 0.15) is 10.4 Å². The second kappa shape index (κ2) is 6.46. The van der Waals surface area contributed by atoms with Crippen LogP contribution in [0.3, 0.4) is 0 Å². The lowest BCUT2D eigenvalue weighted by Gasteiger charge is -2.18. The van der Waals surface area contributed by atoms with Gasteiger partial charge < -0.3 is 19.7 Å². The third-order valence-corrected chi connectivity index (χ3v) is 4.48. The van der Waals surface area contributed by atoms with E-state index in [9.17, 15) is 4.79 Å². The van der Waals surface area contributed by atoms with Gasteiger partial charge in [0.15, 0.2) is 11.5 Å². The van der Waals surface area contributed by atoms with Crippen molar-refractivity contribution < 1.29 is 14.3 Å². The lowest BCUT2D eigenvalue weighted by atomic mass is 10.2. The first-order valence-electron chi connectivity index (χ1n) is 6.73. The molecule has 1 aromatic carbocycles.